The van der Waals surface area contributed by atoms with Gasteiger partial charge < -0.3 is 9.47 Å². The SMILES string of the molecule is CC(=O)O[C@@H](C1=N[C@H](C(C)C)CO1)c1ccccc1. The molecule has 0 amide bonds. The molecule has 2 rings (SSSR count). The lowest BCUT2D eigenvalue weighted by atomic mass is 10.1. The number of hydrogen-bond donors (Lipinski definition) is 0. The Labute approximate surface area is 113 Å². The summed E-state index contributed by atoms with van der Waals surface area (Å²) in [6.45, 7) is 6.15. The van der Waals surface area contributed by atoms with Gasteiger partial charge in [-0.05, 0) is 5.92 Å². The molecule has 0 bridgehead atoms. The molecule has 102 valence electrons. The predicted molar refractivity (Wildman–Crippen MR) is 73.0 cm³/mol. The summed E-state index contributed by atoms with van der Waals surface area (Å²) in [7, 11) is 0. The monoisotopic (exact) mass is 261 g/mol. The van der Waals surface area contributed by atoms with Crippen LogP contribution in [0.1, 0.15) is 32.4 Å². The van der Waals surface area contributed by atoms with Gasteiger partial charge in [-0.15, -0.1) is 0 Å². The van der Waals surface area contributed by atoms with Crippen LogP contribution in [0.3, 0.4) is 0 Å². The number of hydrogen-bond acceptors (Lipinski definition) is 4. The molecule has 0 N–H and O–H groups in total. The molecule has 1 heterocycles. The van der Waals surface area contributed by atoms with Gasteiger partial charge in [0, 0.05) is 12.5 Å². The first-order chi connectivity index (χ1) is 9.08. The molecule has 1 aliphatic heterocycles. The highest BCUT2D eigenvalue weighted by molar-refractivity contribution is 5.85. The van der Waals surface area contributed by atoms with Crippen molar-refractivity contribution >= 4 is 11.9 Å². The van der Waals surface area contributed by atoms with Crippen molar-refractivity contribution in [2.75, 3.05) is 6.61 Å². The second-order valence-corrected chi connectivity index (χ2v) is 4.99. The molecule has 1 aliphatic rings. The van der Waals surface area contributed by atoms with E-state index in [9.17, 15) is 4.79 Å². The van der Waals surface area contributed by atoms with E-state index in [2.05, 4.69) is 18.8 Å². The van der Waals surface area contributed by atoms with Gasteiger partial charge in [-0.25, -0.2) is 4.99 Å². The van der Waals surface area contributed by atoms with Crippen LogP contribution in [0.25, 0.3) is 0 Å². The molecule has 1 aromatic carbocycles. The summed E-state index contributed by atoms with van der Waals surface area (Å²) in [4.78, 5) is 15.8. The number of benzene rings is 1. The first kappa shape index (κ1) is 13.6. The Morgan fingerprint density at radius 3 is 2.58 bits per heavy atom. The van der Waals surface area contributed by atoms with E-state index in [1.165, 1.54) is 6.92 Å². The number of nitrogens with zero attached hydrogens (tertiary/aromatic N) is 1. The minimum Gasteiger partial charge on any atom is -0.476 e. The molecule has 2 atom stereocenters. The van der Waals surface area contributed by atoms with Crippen molar-refractivity contribution in [3.05, 3.63) is 35.9 Å². The molecule has 4 heteroatoms. The molecule has 1 aromatic rings. The zero-order chi connectivity index (χ0) is 13.8. The smallest absolute Gasteiger partial charge is 0.303 e. The molecule has 0 radical (unpaired) electrons. The Hall–Kier alpha value is -1.84. The number of rotatable bonds is 4. The number of carbonyl (C=O) groups is 1. The normalized spacial score (nSPS) is 19.8. The van der Waals surface area contributed by atoms with Crippen LogP contribution in [0.2, 0.25) is 0 Å². The van der Waals surface area contributed by atoms with Gasteiger partial charge in [0.1, 0.15) is 6.61 Å². The van der Waals surface area contributed by atoms with Gasteiger partial charge in [-0.3, -0.25) is 4.79 Å². The van der Waals surface area contributed by atoms with E-state index in [4.69, 9.17) is 9.47 Å². The average molecular weight is 261 g/mol. The lowest BCUT2D eigenvalue weighted by molar-refractivity contribution is -0.144. The standard InChI is InChI=1S/C15H19NO3/c1-10(2)13-9-18-15(16-13)14(19-11(3)17)12-7-5-4-6-8-12/h4-8,10,13-14H,9H2,1-3H3/t13-,14+/m0/s1. The summed E-state index contributed by atoms with van der Waals surface area (Å²) >= 11 is 0. The maximum atomic E-state index is 11.3. The van der Waals surface area contributed by atoms with Gasteiger partial charge >= 0.3 is 5.97 Å². The second kappa shape index (κ2) is 5.87. The summed E-state index contributed by atoms with van der Waals surface area (Å²) in [5.41, 5.74) is 0.876. The molecule has 0 aliphatic carbocycles. The van der Waals surface area contributed by atoms with Crippen molar-refractivity contribution < 1.29 is 14.3 Å². The number of carbonyl (C=O) groups excluding carboxylic acids is 1. The number of aliphatic imine (C=N–C) groups is 1. The topological polar surface area (TPSA) is 47.9 Å². The molecule has 4 nitrogen and oxygen atoms in total. The molecule has 0 spiro atoms. The molecule has 0 saturated carbocycles. The van der Waals surface area contributed by atoms with Crippen LogP contribution < -0.4 is 0 Å². The summed E-state index contributed by atoms with van der Waals surface area (Å²) < 4.78 is 11.0. The van der Waals surface area contributed by atoms with Crippen LogP contribution in [0.15, 0.2) is 35.3 Å². The van der Waals surface area contributed by atoms with Crippen molar-refractivity contribution in [3.8, 4) is 0 Å². The van der Waals surface area contributed by atoms with Gasteiger partial charge in [0.05, 0.1) is 6.04 Å². The van der Waals surface area contributed by atoms with E-state index in [0.717, 1.165) is 5.56 Å². The Balaban J connectivity index is 2.24. The van der Waals surface area contributed by atoms with Crippen LogP contribution in [0, 0.1) is 5.92 Å². The van der Waals surface area contributed by atoms with E-state index >= 15 is 0 Å². The molecular weight excluding hydrogens is 242 g/mol. The minimum atomic E-state index is -0.539. The summed E-state index contributed by atoms with van der Waals surface area (Å²) in [6.07, 6.45) is -0.539. The maximum absolute atomic E-state index is 11.3. The highest BCUT2D eigenvalue weighted by Crippen LogP contribution is 2.25. The molecule has 0 saturated heterocycles. The fourth-order valence-electron chi connectivity index (χ4n) is 1.95. The van der Waals surface area contributed by atoms with Gasteiger partial charge in [0.25, 0.3) is 0 Å². The first-order valence-electron chi connectivity index (χ1n) is 6.50. The summed E-state index contributed by atoms with van der Waals surface area (Å²) in [5, 5.41) is 0. The first-order valence-corrected chi connectivity index (χ1v) is 6.50. The Morgan fingerprint density at radius 2 is 2.05 bits per heavy atom. The minimum absolute atomic E-state index is 0.136. The molecule has 0 aromatic heterocycles. The van der Waals surface area contributed by atoms with Gasteiger partial charge in [-0.1, -0.05) is 44.2 Å². The predicted octanol–water partition coefficient (Wildman–Crippen LogP) is 2.74. The van der Waals surface area contributed by atoms with E-state index in [1.54, 1.807) is 0 Å². The maximum Gasteiger partial charge on any atom is 0.303 e. The van der Waals surface area contributed by atoms with E-state index in [-0.39, 0.29) is 12.0 Å². The lowest BCUT2D eigenvalue weighted by Crippen LogP contribution is -2.18. The second-order valence-electron chi connectivity index (χ2n) is 4.99. The van der Waals surface area contributed by atoms with Crippen LogP contribution in [-0.2, 0) is 14.3 Å². The third kappa shape index (κ3) is 3.34. The number of esters is 1. The fraction of sp³-hybridized carbons (Fsp3) is 0.467. The Morgan fingerprint density at radius 1 is 1.37 bits per heavy atom. The van der Waals surface area contributed by atoms with Crippen molar-refractivity contribution in [1.82, 2.24) is 0 Å². The molecular formula is C15H19NO3. The van der Waals surface area contributed by atoms with E-state index in [0.29, 0.717) is 18.4 Å². The third-order valence-corrected chi connectivity index (χ3v) is 3.08. The third-order valence-electron chi connectivity index (χ3n) is 3.08. The van der Waals surface area contributed by atoms with Crippen LogP contribution >= 0.6 is 0 Å². The highest BCUT2D eigenvalue weighted by atomic mass is 16.6. The Bertz CT molecular complexity index is 468. The number of ether oxygens (including phenoxy) is 2. The van der Waals surface area contributed by atoms with Crippen LogP contribution in [-0.4, -0.2) is 24.5 Å². The molecule has 0 unspecified atom stereocenters. The summed E-state index contributed by atoms with van der Waals surface area (Å²) in [5.74, 6) is 0.569. The van der Waals surface area contributed by atoms with E-state index in [1.807, 2.05) is 30.3 Å². The molecule has 0 fully saturated rings. The highest BCUT2D eigenvalue weighted by Gasteiger charge is 2.30. The zero-order valence-electron chi connectivity index (χ0n) is 11.5. The fourth-order valence-corrected chi connectivity index (χ4v) is 1.95. The Kier molecular flexibility index (Phi) is 4.20. The van der Waals surface area contributed by atoms with Crippen LogP contribution in [0.4, 0.5) is 0 Å². The van der Waals surface area contributed by atoms with Crippen molar-refractivity contribution in [1.29, 1.82) is 0 Å². The van der Waals surface area contributed by atoms with Gasteiger partial charge in [0.15, 0.2) is 0 Å². The average Bonchev–Trinajstić information content (AvgIpc) is 2.86. The lowest BCUT2D eigenvalue weighted by Gasteiger charge is -2.16. The van der Waals surface area contributed by atoms with Gasteiger partial charge in [0.2, 0.25) is 12.0 Å². The molecule has 19 heavy (non-hydrogen) atoms. The quantitative estimate of drug-likeness (QED) is 0.783. The van der Waals surface area contributed by atoms with Crippen LogP contribution in [0.5, 0.6) is 0 Å². The largest absolute Gasteiger partial charge is 0.476 e. The van der Waals surface area contributed by atoms with Gasteiger partial charge in [-0.2, -0.15) is 0 Å². The zero-order valence-corrected chi connectivity index (χ0v) is 11.5. The van der Waals surface area contributed by atoms with Crippen molar-refractivity contribution in [2.24, 2.45) is 10.9 Å². The van der Waals surface area contributed by atoms with Crippen molar-refractivity contribution in [2.45, 2.75) is 32.9 Å². The van der Waals surface area contributed by atoms with E-state index < -0.39 is 6.10 Å². The summed E-state index contributed by atoms with van der Waals surface area (Å²) in [6, 6.07) is 9.67. The van der Waals surface area contributed by atoms with Crippen molar-refractivity contribution in [3.63, 3.8) is 0 Å².